The first-order chi connectivity index (χ1) is 8.43. The van der Waals surface area contributed by atoms with Gasteiger partial charge in [0.05, 0.1) is 5.56 Å². The van der Waals surface area contributed by atoms with Crippen LogP contribution >= 0.6 is 0 Å². The van der Waals surface area contributed by atoms with Crippen molar-refractivity contribution in [2.45, 2.75) is 5.92 Å². The lowest BCUT2D eigenvalue weighted by Crippen LogP contribution is -2.20. The van der Waals surface area contributed by atoms with E-state index in [9.17, 15) is 13.6 Å². The molecule has 2 aromatic rings. The summed E-state index contributed by atoms with van der Waals surface area (Å²) in [6, 6.07) is 4.69. The fraction of sp³-hybridized carbons (Fsp3) is 0.167. The Morgan fingerprint density at radius 2 is 2.17 bits per heavy atom. The molecule has 1 N–H and O–H groups in total. The smallest absolute Gasteiger partial charge is 0.335 e. The number of imidazole rings is 1. The molecule has 4 nitrogen and oxygen atoms in total. The Balaban J connectivity index is 2.51. The van der Waals surface area contributed by atoms with E-state index in [0.717, 1.165) is 6.07 Å². The number of nitrogens with zero attached hydrogens (tertiary/aromatic N) is 2. The Labute approximate surface area is 102 Å². The van der Waals surface area contributed by atoms with Crippen LogP contribution in [0.25, 0.3) is 0 Å². The van der Waals surface area contributed by atoms with Gasteiger partial charge in [0.1, 0.15) is 0 Å². The average Bonchev–Trinajstić information content (AvgIpc) is 2.76. The molecule has 0 amide bonds. The molecule has 2 rings (SSSR count). The van der Waals surface area contributed by atoms with Gasteiger partial charge in [-0.25, -0.2) is 9.78 Å². The summed E-state index contributed by atoms with van der Waals surface area (Å²) in [7, 11) is 1.46. The normalized spacial score (nSPS) is 11.5. The van der Waals surface area contributed by atoms with Crippen molar-refractivity contribution >= 4 is 5.97 Å². The summed E-state index contributed by atoms with van der Waals surface area (Å²) in [6.45, 7) is 0. The average molecular weight is 252 g/mol. The molecule has 0 fully saturated rings. The monoisotopic (exact) mass is 252 g/mol. The van der Waals surface area contributed by atoms with Gasteiger partial charge in [0.15, 0.2) is 5.82 Å². The number of aromatic carboxylic acids is 1. The number of benzene rings is 1. The Hall–Kier alpha value is -2.24. The second-order valence-corrected chi connectivity index (χ2v) is 3.82. The maximum absolute atomic E-state index is 14.1. The summed E-state index contributed by atoms with van der Waals surface area (Å²) in [5.74, 6) is -5.00. The highest BCUT2D eigenvalue weighted by Gasteiger charge is 2.38. The van der Waals surface area contributed by atoms with E-state index in [1.54, 1.807) is 0 Å². The van der Waals surface area contributed by atoms with E-state index in [1.807, 2.05) is 0 Å². The predicted molar refractivity (Wildman–Crippen MR) is 59.6 cm³/mol. The van der Waals surface area contributed by atoms with Crippen LogP contribution in [0.15, 0.2) is 36.7 Å². The number of hydrogen-bond acceptors (Lipinski definition) is 2. The highest BCUT2D eigenvalue weighted by molar-refractivity contribution is 5.87. The van der Waals surface area contributed by atoms with Crippen LogP contribution in [0.3, 0.4) is 0 Å². The molecule has 0 saturated heterocycles. The zero-order valence-electron chi connectivity index (χ0n) is 9.47. The summed E-state index contributed by atoms with van der Waals surface area (Å²) in [5, 5.41) is 8.79. The molecule has 0 bridgehead atoms. The quantitative estimate of drug-likeness (QED) is 0.911. The van der Waals surface area contributed by atoms with Crippen molar-refractivity contribution in [2.24, 2.45) is 7.05 Å². The third-order valence-corrected chi connectivity index (χ3v) is 2.57. The lowest BCUT2D eigenvalue weighted by atomic mass is 10.0. The molecular weight excluding hydrogens is 242 g/mol. The Bertz CT molecular complexity index is 593. The van der Waals surface area contributed by atoms with Gasteiger partial charge in [-0.1, -0.05) is 12.1 Å². The summed E-state index contributed by atoms with van der Waals surface area (Å²) in [5.41, 5.74) is -0.571. The van der Waals surface area contributed by atoms with Crippen molar-refractivity contribution in [1.82, 2.24) is 9.55 Å². The molecular formula is C12H10F2N2O2. The first kappa shape index (κ1) is 12.2. The van der Waals surface area contributed by atoms with Gasteiger partial charge in [0.2, 0.25) is 0 Å². The third kappa shape index (κ3) is 1.97. The highest BCUT2D eigenvalue weighted by atomic mass is 19.3. The fourth-order valence-electron chi connectivity index (χ4n) is 1.64. The largest absolute Gasteiger partial charge is 0.478 e. The number of carbonyl (C=O) groups is 1. The van der Waals surface area contributed by atoms with Crippen molar-refractivity contribution in [3.63, 3.8) is 0 Å². The molecule has 94 valence electrons. The molecule has 0 radical (unpaired) electrons. The Kier molecular flexibility index (Phi) is 2.86. The van der Waals surface area contributed by atoms with Crippen LogP contribution in [0.2, 0.25) is 0 Å². The van der Waals surface area contributed by atoms with Crippen LogP contribution in [-0.2, 0) is 13.0 Å². The maximum atomic E-state index is 14.1. The van der Waals surface area contributed by atoms with Crippen LogP contribution in [-0.4, -0.2) is 20.6 Å². The van der Waals surface area contributed by atoms with Gasteiger partial charge in [-0.15, -0.1) is 0 Å². The molecule has 0 aliphatic heterocycles. The Morgan fingerprint density at radius 3 is 2.72 bits per heavy atom. The van der Waals surface area contributed by atoms with Crippen molar-refractivity contribution < 1.29 is 18.7 Å². The molecule has 6 heteroatoms. The molecule has 0 spiro atoms. The maximum Gasteiger partial charge on any atom is 0.335 e. The first-order valence-corrected chi connectivity index (χ1v) is 5.12. The lowest BCUT2D eigenvalue weighted by molar-refractivity contribution is 0.0299. The molecule has 0 unspecified atom stereocenters. The second-order valence-electron chi connectivity index (χ2n) is 3.82. The molecule has 0 aliphatic carbocycles. The number of halogens is 2. The minimum Gasteiger partial charge on any atom is -0.478 e. The van der Waals surface area contributed by atoms with E-state index in [2.05, 4.69) is 4.98 Å². The van der Waals surface area contributed by atoms with E-state index in [-0.39, 0.29) is 5.56 Å². The summed E-state index contributed by atoms with van der Waals surface area (Å²) in [6.07, 6.45) is 2.68. The number of hydrogen-bond donors (Lipinski definition) is 1. The summed E-state index contributed by atoms with van der Waals surface area (Å²) >= 11 is 0. The summed E-state index contributed by atoms with van der Waals surface area (Å²) < 4.78 is 29.5. The predicted octanol–water partition coefficient (Wildman–Crippen LogP) is 2.26. The van der Waals surface area contributed by atoms with Gasteiger partial charge >= 0.3 is 11.9 Å². The first-order valence-electron chi connectivity index (χ1n) is 5.12. The topological polar surface area (TPSA) is 55.1 Å². The molecule has 0 saturated carbocycles. The van der Waals surface area contributed by atoms with Gasteiger partial charge in [-0.2, -0.15) is 8.78 Å². The minimum absolute atomic E-state index is 0.179. The van der Waals surface area contributed by atoms with Crippen LogP contribution in [0.4, 0.5) is 8.78 Å². The zero-order valence-corrected chi connectivity index (χ0v) is 9.47. The van der Waals surface area contributed by atoms with Crippen molar-refractivity contribution in [3.8, 4) is 0 Å². The standard InChI is InChI=1S/C12H10F2N2O2/c1-16-6-5-15-11(16)12(13,14)9-4-2-3-8(7-9)10(17)18/h2-7H,1H3,(H,17,18). The van der Waals surface area contributed by atoms with Gasteiger partial charge in [-0.3, -0.25) is 0 Å². The second kappa shape index (κ2) is 4.21. The lowest BCUT2D eigenvalue weighted by Gasteiger charge is -2.16. The van der Waals surface area contributed by atoms with Crippen molar-refractivity contribution in [2.75, 3.05) is 0 Å². The SMILES string of the molecule is Cn1ccnc1C(F)(F)c1cccc(C(=O)O)c1. The van der Waals surface area contributed by atoms with Gasteiger partial charge in [0, 0.05) is 25.0 Å². The van der Waals surface area contributed by atoms with E-state index < -0.39 is 23.3 Å². The number of aryl methyl sites for hydroxylation is 1. The molecule has 18 heavy (non-hydrogen) atoms. The van der Waals surface area contributed by atoms with E-state index in [4.69, 9.17) is 5.11 Å². The zero-order chi connectivity index (χ0) is 13.3. The summed E-state index contributed by atoms with van der Waals surface area (Å²) in [4.78, 5) is 14.4. The molecule has 1 aromatic carbocycles. The number of carboxylic acid groups (broad SMARTS) is 1. The van der Waals surface area contributed by atoms with Gasteiger partial charge in [0.25, 0.3) is 0 Å². The minimum atomic E-state index is -3.33. The van der Waals surface area contributed by atoms with Gasteiger partial charge < -0.3 is 9.67 Å². The molecule has 0 atom stereocenters. The van der Waals surface area contributed by atoms with E-state index >= 15 is 0 Å². The highest BCUT2D eigenvalue weighted by Crippen LogP contribution is 2.34. The van der Waals surface area contributed by atoms with E-state index in [1.165, 1.54) is 42.2 Å². The van der Waals surface area contributed by atoms with Crippen molar-refractivity contribution in [1.29, 1.82) is 0 Å². The number of carboxylic acids is 1. The van der Waals surface area contributed by atoms with Crippen LogP contribution < -0.4 is 0 Å². The number of alkyl halides is 2. The fourth-order valence-corrected chi connectivity index (χ4v) is 1.64. The third-order valence-electron chi connectivity index (χ3n) is 2.57. The van der Waals surface area contributed by atoms with Gasteiger partial charge in [-0.05, 0) is 12.1 Å². The van der Waals surface area contributed by atoms with Crippen LogP contribution in [0.5, 0.6) is 0 Å². The molecule has 1 heterocycles. The van der Waals surface area contributed by atoms with E-state index in [0.29, 0.717) is 0 Å². The number of rotatable bonds is 3. The van der Waals surface area contributed by atoms with Crippen LogP contribution in [0, 0.1) is 0 Å². The van der Waals surface area contributed by atoms with Crippen LogP contribution in [0.1, 0.15) is 21.7 Å². The molecule has 0 aliphatic rings. The molecule has 1 aromatic heterocycles. The Morgan fingerprint density at radius 1 is 1.44 bits per heavy atom. The number of aromatic nitrogens is 2. The van der Waals surface area contributed by atoms with Crippen molar-refractivity contribution in [3.05, 3.63) is 53.6 Å².